The zero-order chi connectivity index (χ0) is 14.4. The summed E-state index contributed by atoms with van der Waals surface area (Å²) >= 11 is 1.60. The van der Waals surface area contributed by atoms with Crippen LogP contribution in [0.5, 0.6) is 0 Å². The quantitative estimate of drug-likeness (QED) is 0.613. The fraction of sp³-hybridized carbons (Fsp3) is 0.0667. The summed E-state index contributed by atoms with van der Waals surface area (Å²) in [7, 11) is 0. The number of hydrogen-bond acceptors (Lipinski definition) is 5. The highest BCUT2D eigenvalue weighted by Gasteiger charge is 2.20. The number of imidazole rings is 1. The molecule has 4 aromatic rings. The van der Waals surface area contributed by atoms with Crippen LogP contribution < -0.4 is 5.73 Å². The number of anilines is 1. The van der Waals surface area contributed by atoms with Crippen LogP contribution in [0.3, 0.4) is 0 Å². The molecule has 4 aromatic heterocycles. The van der Waals surface area contributed by atoms with Crippen molar-refractivity contribution >= 4 is 22.1 Å². The van der Waals surface area contributed by atoms with Crippen LogP contribution in [0.1, 0.15) is 4.88 Å². The third kappa shape index (κ3) is 1.76. The van der Waals surface area contributed by atoms with E-state index in [4.69, 9.17) is 10.2 Å². The third-order valence-electron chi connectivity index (χ3n) is 3.37. The second-order valence-electron chi connectivity index (χ2n) is 4.69. The second-order valence-corrected chi connectivity index (χ2v) is 5.87. The topological polar surface area (TPSA) is 69.3 Å². The van der Waals surface area contributed by atoms with Crippen LogP contribution in [0, 0.1) is 6.92 Å². The number of aromatic nitrogens is 3. The van der Waals surface area contributed by atoms with Crippen LogP contribution >= 0.6 is 11.3 Å². The zero-order valence-electron chi connectivity index (χ0n) is 11.3. The van der Waals surface area contributed by atoms with E-state index < -0.39 is 0 Å². The summed E-state index contributed by atoms with van der Waals surface area (Å²) in [6.07, 6.45) is 5.16. The lowest BCUT2D eigenvalue weighted by Gasteiger charge is -2.01. The number of nitrogen functional groups attached to an aromatic ring is 1. The number of rotatable bonds is 2. The Morgan fingerprint density at radius 2 is 2.19 bits per heavy atom. The highest BCUT2D eigenvalue weighted by Crippen LogP contribution is 2.37. The summed E-state index contributed by atoms with van der Waals surface area (Å²) in [6, 6.07) is 7.63. The highest BCUT2D eigenvalue weighted by atomic mass is 32.1. The minimum atomic E-state index is 0.605. The smallest absolute Gasteiger partial charge is 0.196 e. The van der Waals surface area contributed by atoms with Crippen molar-refractivity contribution in [1.29, 1.82) is 0 Å². The monoisotopic (exact) mass is 296 g/mol. The van der Waals surface area contributed by atoms with Crippen molar-refractivity contribution in [2.75, 3.05) is 5.73 Å². The normalized spacial score (nSPS) is 11.3. The van der Waals surface area contributed by atoms with Gasteiger partial charge in [-0.05, 0) is 31.2 Å². The van der Waals surface area contributed by atoms with E-state index in [0.29, 0.717) is 5.82 Å². The van der Waals surface area contributed by atoms with Gasteiger partial charge in [-0.15, -0.1) is 11.3 Å². The largest absolute Gasteiger partial charge is 0.463 e. The van der Waals surface area contributed by atoms with Crippen molar-refractivity contribution in [2.24, 2.45) is 0 Å². The van der Waals surface area contributed by atoms with Crippen LogP contribution in [-0.2, 0) is 0 Å². The number of fused-ring (bicyclic) bond motifs is 1. The molecule has 0 atom stereocenters. The van der Waals surface area contributed by atoms with Crippen LogP contribution in [0.4, 0.5) is 5.82 Å². The van der Waals surface area contributed by atoms with Gasteiger partial charge in [-0.2, -0.15) is 0 Å². The number of nitrogens with zero attached hydrogens (tertiary/aromatic N) is 3. The van der Waals surface area contributed by atoms with E-state index >= 15 is 0 Å². The Labute approximate surface area is 124 Å². The van der Waals surface area contributed by atoms with E-state index in [1.807, 2.05) is 35.6 Å². The Balaban J connectivity index is 2.01. The number of hydrogen-bond donors (Lipinski definition) is 1. The predicted octanol–water partition coefficient (Wildman–Crippen LogP) is 3.61. The molecule has 0 aromatic carbocycles. The van der Waals surface area contributed by atoms with Crippen LogP contribution in [0.2, 0.25) is 0 Å². The van der Waals surface area contributed by atoms with Gasteiger partial charge >= 0.3 is 0 Å². The standard InChI is InChI=1S/C15H12N4OS/c1-9-13(11-5-3-7-20-11)19-14(16)12(18-15(19)21-9)10-4-2-6-17-8-10/h2-8H,16H2,1H3. The molecule has 0 saturated heterocycles. The zero-order valence-corrected chi connectivity index (χ0v) is 12.1. The molecule has 104 valence electrons. The average Bonchev–Trinajstić information content (AvgIpc) is 3.18. The summed E-state index contributed by atoms with van der Waals surface area (Å²) in [4.78, 5) is 10.8. The number of thiazole rings is 1. The summed E-state index contributed by atoms with van der Waals surface area (Å²) in [5, 5.41) is 0. The molecule has 0 unspecified atom stereocenters. The summed E-state index contributed by atoms with van der Waals surface area (Å²) < 4.78 is 7.47. The number of nitrogens with two attached hydrogens (primary N) is 1. The second kappa shape index (κ2) is 4.46. The molecule has 0 saturated carbocycles. The Morgan fingerprint density at radius 3 is 2.90 bits per heavy atom. The molecule has 0 radical (unpaired) electrons. The van der Waals surface area contributed by atoms with Crippen molar-refractivity contribution in [2.45, 2.75) is 6.92 Å². The van der Waals surface area contributed by atoms with Crippen molar-refractivity contribution < 1.29 is 4.42 Å². The van der Waals surface area contributed by atoms with E-state index in [1.165, 1.54) is 0 Å². The van der Waals surface area contributed by atoms with Gasteiger partial charge in [0.1, 0.15) is 17.2 Å². The van der Waals surface area contributed by atoms with Gasteiger partial charge in [0.25, 0.3) is 0 Å². The summed E-state index contributed by atoms with van der Waals surface area (Å²) in [5.74, 6) is 1.40. The molecule has 4 rings (SSSR count). The van der Waals surface area contributed by atoms with E-state index in [1.54, 1.807) is 30.0 Å². The number of furan rings is 1. The molecule has 0 fully saturated rings. The molecular formula is C15H12N4OS. The maximum atomic E-state index is 6.33. The highest BCUT2D eigenvalue weighted by molar-refractivity contribution is 7.17. The third-order valence-corrected chi connectivity index (χ3v) is 4.33. The lowest BCUT2D eigenvalue weighted by Crippen LogP contribution is -1.96. The molecular weight excluding hydrogens is 284 g/mol. The first-order valence-electron chi connectivity index (χ1n) is 6.47. The SMILES string of the molecule is Cc1sc2nc(-c3cccnc3)c(N)n2c1-c1ccco1. The lowest BCUT2D eigenvalue weighted by atomic mass is 10.2. The first kappa shape index (κ1) is 12.2. The molecule has 4 heterocycles. The van der Waals surface area contributed by atoms with Crippen LogP contribution in [-0.4, -0.2) is 14.4 Å². The van der Waals surface area contributed by atoms with Crippen LogP contribution in [0.15, 0.2) is 47.3 Å². The van der Waals surface area contributed by atoms with Gasteiger partial charge in [0.15, 0.2) is 10.7 Å². The molecule has 0 bridgehead atoms. The maximum absolute atomic E-state index is 6.33. The first-order valence-corrected chi connectivity index (χ1v) is 7.29. The van der Waals surface area contributed by atoms with Gasteiger partial charge in [0, 0.05) is 22.8 Å². The van der Waals surface area contributed by atoms with E-state index in [-0.39, 0.29) is 0 Å². The molecule has 0 spiro atoms. The molecule has 2 N–H and O–H groups in total. The van der Waals surface area contributed by atoms with Gasteiger partial charge in [-0.25, -0.2) is 4.98 Å². The van der Waals surface area contributed by atoms with Gasteiger partial charge < -0.3 is 10.2 Å². The van der Waals surface area contributed by atoms with E-state index in [2.05, 4.69) is 9.97 Å². The van der Waals surface area contributed by atoms with Crippen molar-refractivity contribution in [3.63, 3.8) is 0 Å². The Morgan fingerprint density at radius 1 is 1.29 bits per heavy atom. The predicted molar refractivity (Wildman–Crippen MR) is 83.2 cm³/mol. The molecule has 21 heavy (non-hydrogen) atoms. The number of pyridine rings is 1. The first-order chi connectivity index (χ1) is 10.3. The maximum Gasteiger partial charge on any atom is 0.196 e. The molecule has 0 amide bonds. The molecule has 5 nitrogen and oxygen atoms in total. The molecule has 6 heteroatoms. The average molecular weight is 296 g/mol. The van der Waals surface area contributed by atoms with Gasteiger partial charge in [0.2, 0.25) is 0 Å². The van der Waals surface area contributed by atoms with Crippen molar-refractivity contribution in [3.05, 3.63) is 47.8 Å². The summed E-state index contributed by atoms with van der Waals surface area (Å²) in [5.41, 5.74) is 8.95. The Hall–Kier alpha value is -2.60. The van der Waals surface area contributed by atoms with Crippen LogP contribution in [0.25, 0.3) is 27.7 Å². The van der Waals surface area contributed by atoms with E-state index in [0.717, 1.165) is 32.5 Å². The van der Waals surface area contributed by atoms with Gasteiger partial charge in [-0.1, -0.05) is 0 Å². The molecule has 0 aliphatic heterocycles. The molecule has 0 aliphatic rings. The van der Waals surface area contributed by atoms with Gasteiger partial charge in [-0.3, -0.25) is 9.38 Å². The fourth-order valence-electron chi connectivity index (χ4n) is 2.45. The Bertz CT molecular complexity index is 906. The number of aryl methyl sites for hydroxylation is 1. The van der Waals surface area contributed by atoms with Crippen molar-refractivity contribution in [1.82, 2.24) is 14.4 Å². The minimum Gasteiger partial charge on any atom is -0.463 e. The lowest BCUT2D eigenvalue weighted by molar-refractivity contribution is 0.579. The molecule has 0 aliphatic carbocycles. The summed E-state index contributed by atoms with van der Waals surface area (Å²) in [6.45, 7) is 2.04. The van der Waals surface area contributed by atoms with E-state index in [9.17, 15) is 0 Å². The van der Waals surface area contributed by atoms with Crippen molar-refractivity contribution in [3.8, 4) is 22.7 Å². The Kier molecular flexibility index (Phi) is 2.58. The fourth-order valence-corrected chi connectivity index (χ4v) is 3.43. The minimum absolute atomic E-state index is 0.605. The van der Waals surface area contributed by atoms with Gasteiger partial charge in [0.05, 0.1) is 6.26 Å².